The fraction of sp³-hybridized carbons (Fsp3) is 0.0769. The van der Waals surface area contributed by atoms with Crippen LogP contribution in [0.3, 0.4) is 0 Å². The number of nitrogens with one attached hydrogen (secondary N) is 1. The second-order valence-electron chi connectivity index (χ2n) is 3.87. The molecule has 0 aromatic heterocycles. The quantitative estimate of drug-likeness (QED) is 0.565. The van der Waals surface area contributed by atoms with Crippen LogP contribution in [0.1, 0.15) is 11.1 Å². The van der Waals surface area contributed by atoms with E-state index < -0.39 is 6.09 Å². The molecule has 0 saturated heterocycles. The number of benzene rings is 2. The molecule has 0 aliphatic carbocycles. The number of amides is 1. The van der Waals surface area contributed by atoms with E-state index in [1.807, 2.05) is 24.3 Å². The van der Waals surface area contributed by atoms with Crippen LogP contribution in [0.15, 0.2) is 36.4 Å². The van der Waals surface area contributed by atoms with Crippen molar-refractivity contribution < 1.29 is 9.53 Å². The van der Waals surface area contributed by atoms with Crippen LogP contribution in [0.25, 0.3) is 10.8 Å². The molecular formula is C13H13N3O2. The Morgan fingerprint density at radius 2 is 2.00 bits per heavy atom. The Bertz CT molecular complexity index is 623. The van der Waals surface area contributed by atoms with Crippen LogP contribution >= 0.6 is 0 Å². The molecule has 5 heteroatoms. The summed E-state index contributed by atoms with van der Waals surface area (Å²) in [5.41, 5.74) is 11.9. The van der Waals surface area contributed by atoms with E-state index in [0.29, 0.717) is 5.56 Å². The minimum Gasteiger partial charge on any atom is -0.445 e. The molecule has 0 aliphatic rings. The van der Waals surface area contributed by atoms with Crippen molar-refractivity contribution in [3.8, 4) is 0 Å². The lowest BCUT2D eigenvalue weighted by molar-refractivity contribution is 0.150. The Hall–Kier alpha value is -2.56. The first-order valence-electron chi connectivity index (χ1n) is 5.36. The first kappa shape index (κ1) is 11.9. The topological polar surface area (TPSA) is 102 Å². The summed E-state index contributed by atoms with van der Waals surface area (Å²) in [5.74, 6) is 0.00234. The molecule has 18 heavy (non-hydrogen) atoms. The first-order valence-corrected chi connectivity index (χ1v) is 5.36. The van der Waals surface area contributed by atoms with Gasteiger partial charge in [-0.05, 0) is 22.4 Å². The molecule has 1 amide bonds. The molecule has 2 aromatic rings. The monoisotopic (exact) mass is 243 g/mol. The maximum atomic E-state index is 10.6. The van der Waals surface area contributed by atoms with Crippen molar-refractivity contribution in [1.29, 1.82) is 5.41 Å². The Kier molecular flexibility index (Phi) is 3.14. The van der Waals surface area contributed by atoms with Gasteiger partial charge >= 0.3 is 6.09 Å². The summed E-state index contributed by atoms with van der Waals surface area (Å²) in [4.78, 5) is 10.6. The minimum atomic E-state index is -0.810. The number of nitrogens with two attached hydrogens (primary N) is 2. The van der Waals surface area contributed by atoms with E-state index in [4.69, 9.17) is 21.6 Å². The molecule has 0 atom stereocenters. The van der Waals surface area contributed by atoms with Crippen molar-refractivity contribution in [2.75, 3.05) is 0 Å². The standard InChI is InChI=1S/C13H13N3O2/c14-12(15)9-5-4-8-2-1-3-10(11(8)6-9)7-18-13(16)17/h1-6H,7H2,(H3,14,15)(H2,16,17). The van der Waals surface area contributed by atoms with Gasteiger partial charge in [-0.1, -0.05) is 30.3 Å². The number of hydrogen-bond acceptors (Lipinski definition) is 3. The average molecular weight is 243 g/mol. The van der Waals surface area contributed by atoms with Crippen LogP contribution in [0.4, 0.5) is 4.79 Å². The van der Waals surface area contributed by atoms with Crippen LogP contribution in [-0.4, -0.2) is 11.9 Å². The predicted octanol–water partition coefficient (Wildman–Crippen LogP) is 1.72. The van der Waals surface area contributed by atoms with Crippen molar-refractivity contribution in [2.24, 2.45) is 11.5 Å². The van der Waals surface area contributed by atoms with Crippen molar-refractivity contribution >= 4 is 22.7 Å². The largest absolute Gasteiger partial charge is 0.445 e. The van der Waals surface area contributed by atoms with E-state index in [1.165, 1.54) is 0 Å². The molecule has 2 aromatic carbocycles. The van der Waals surface area contributed by atoms with Gasteiger partial charge in [-0.2, -0.15) is 0 Å². The number of hydrogen-bond donors (Lipinski definition) is 3. The van der Waals surface area contributed by atoms with Crippen molar-refractivity contribution in [2.45, 2.75) is 6.61 Å². The Labute approximate surface area is 104 Å². The molecule has 0 bridgehead atoms. The molecular weight excluding hydrogens is 230 g/mol. The van der Waals surface area contributed by atoms with Crippen LogP contribution in [0.2, 0.25) is 0 Å². The highest BCUT2D eigenvalue weighted by Gasteiger charge is 2.05. The number of fused-ring (bicyclic) bond motifs is 1. The molecule has 0 unspecified atom stereocenters. The van der Waals surface area contributed by atoms with Gasteiger partial charge in [0.25, 0.3) is 0 Å². The van der Waals surface area contributed by atoms with Crippen LogP contribution in [0.5, 0.6) is 0 Å². The smallest absolute Gasteiger partial charge is 0.404 e. The highest BCUT2D eigenvalue weighted by atomic mass is 16.5. The third-order valence-corrected chi connectivity index (χ3v) is 2.65. The van der Waals surface area contributed by atoms with Crippen LogP contribution in [0, 0.1) is 5.41 Å². The number of nitrogen functional groups attached to an aromatic ring is 1. The molecule has 5 nitrogen and oxygen atoms in total. The van der Waals surface area contributed by atoms with E-state index in [0.717, 1.165) is 16.3 Å². The zero-order valence-corrected chi connectivity index (χ0v) is 9.64. The number of amidine groups is 1. The zero-order valence-electron chi connectivity index (χ0n) is 9.64. The summed E-state index contributed by atoms with van der Waals surface area (Å²) in [7, 11) is 0. The van der Waals surface area contributed by atoms with E-state index >= 15 is 0 Å². The van der Waals surface area contributed by atoms with Crippen molar-refractivity contribution in [3.63, 3.8) is 0 Å². The summed E-state index contributed by atoms with van der Waals surface area (Å²) in [5, 5.41) is 9.31. The van der Waals surface area contributed by atoms with Gasteiger partial charge in [-0.15, -0.1) is 0 Å². The zero-order chi connectivity index (χ0) is 13.1. The second-order valence-corrected chi connectivity index (χ2v) is 3.87. The second kappa shape index (κ2) is 4.75. The fourth-order valence-electron chi connectivity index (χ4n) is 1.78. The van der Waals surface area contributed by atoms with Gasteiger partial charge in [0.05, 0.1) is 0 Å². The number of rotatable bonds is 3. The summed E-state index contributed by atoms with van der Waals surface area (Å²) in [6.45, 7) is 0.105. The van der Waals surface area contributed by atoms with Crippen molar-refractivity contribution in [3.05, 3.63) is 47.5 Å². The van der Waals surface area contributed by atoms with Gasteiger partial charge in [0.2, 0.25) is 0 Å². The van der Waals surface area contributed by atoms with Crippen LogP contribution < -0.4 is 11.5 Å². The SMILES string of the molecule is N=C(N)c1ccc2cccc(COC(N)=O)c2c1. The maximum absolute atomic E-state index is 10.6. The molecule has 0 spiro atoms. The van der Waals surface area contributed by atoms with E-state index in [9.17, 15) is 4.79 Å². The van der Waals surface area contributed by atoms with E-state index in [2.05, 4.69) is 0 Å². The van der Waals surface area contributed by atoms with Gasteiger partial charge in [0.15, 0.2) is 0 Å². The summed E-state index contributed by atoms with van der Waals surface area (Å²) in [6, 6.07) is 11.1. The normalized spacial score (nSPS) is 10.2. The minimum absolute atomic E-state index is 0.00234. The number of carbonyl (C=O) groups excluding carboxylic acids is 1. The fourth-order valence-corrected chi connectivity index (χ4v) is 1.78. The molecule has 2 rings (SSSR count). The number of ether oxygens (including phenoxy) is 1. The third-order valence-electron chi connectivity index (χ3n) is 2.65. The molecule has 0 aliphatic heterocycles. The number of primary amides is 1. The predicted molar refractivity (Wildman–Crippen MR) is 69.3 cm³/mol. The first-order chi connectivity index (χ1) is 8.58. The molecule has 0 fully saturated rings. The Morgan fingerprint density at radius 3 is 2.67 bits per heavy atom. The lowest BCUT2D eigenvalue weighted by Gasteiger charge is -2.08. The molecule has 0 radical (unpaired) electrons. The average Bonchev–Trinajstić information content (AvgIpc) is 2.35. The third kappa shape index (κ3) is 2.40. The highest BCUT2D eigenvalue weighted by Crippen LogP contribution is 2.21. The summed E-state index contributed by atoms with van der Waals surface area (Å²) in [6.07, 6.45) is -0.810. The van der Waals surface area contributed by atoms with Gasteiger partial charge < -0.3 is 16.2 Å². The Morgan fingerprint density at radius 1 is 1.22 bits per heavy atom. The highest BCUT2D eigenvalue weighted by molar-refractivity contribution is 5.99. The molecule has 5 N–H and O–H groups in total. The molecule has 92 valence electrons. The molecule has 0 heterocycles. The number of carbonyl (C=O) groups is 1. The Balaban J connectivity index is 2.48. The van der Waals surface area contributed by atoms with Crippen molar-refractivity contribution in [1.82, 2.24) is 0 Å². The van der Waals surface area contributed by atoms with Gasteiger partial charge in [0.1, 0.15) is 12.4 Å². The van der Waals surface area contributed by atoms with Gasteiger partial charge in [-0.3, -0.25) is 5.41 Å². The van der Waals surface area contributed by atoms with E-state index in [1.54, 1.807) is 12.1 Å². The van der Waals surface area contributed by atoms with E-state index in [-0.39, 0.29) is 12.4 Å². The van der Waals surface area contributed by atoms with Gasteiger partial charge in [-0.25, -0.2) is 4.79 Å². The lowest BCUT2D eigenvalue weighted by Crippen LogP contribution is -2.13. The maximum Gasteiger partial charge on any atom is 0.404 e. The van der Waals surface area contributed by atoms with Gasteiger partial charge in [0, 0.05) is 5.56 Å². The molecule has 0 saturated carbocycles. The summed E-state index contributed by atoms with van der Waals surface area (Å²) < 4.78 is 4.79. The lowest BCUT2D eigenvalue weighted by atomic mass is 10.0. The van der Waals surface area contributed by atoms with Crippen LogP contribution in [-0.2, 0) is 11.3 Å². The summed E-state index contributed by atoms with van der Waals surface area (Å²) >= 11 is 0.